The van der Waals surface area contributed by atoms with Crippen LogP contribution in [0.15, 0.2) is 23.8 Å². The molecule has 1 aliphatic carbocycles. The first kappa shape index (κ1) is 52.8. The van der Waals surface area contributed by atoms with E-state index in [2.05, 4.69) is 78.3 Å². The minimum absolute atomic E-state index is 0.00137. The van der Waals surface area contributed by atoms with Gasteiger partial charge in [-0.2, -0.15) is 0 Å². The molecule has 0 aromatic carbocycles. The average molecular weight is 768 g/mol. The first-order valence-corrected chi connectivity index (χ1v) is 19.8. The molecule has 0 radical (unpaired) electrons. The molecule has 1 fully saturated rings. The van der Waals surface area contributed by atoms with Crippen LogP contribution in [0.1, 0.15) is 114 Å². The maximum absolute atomic E-state index is 13.3. The minimum atomic E-state index is -1.00. The van der Waals surface area contributed by atoms with Gasteiger partial charge >= 0.3 is 5.97 Å². The lowest BCUT2D eigenvalue weighted by atomic mass is 9.90. The number of carboxylic acids is 1. The topological polar surface area (TPSA) is 167 Å². The molecule has 4 amide bonds. The minimum Gasteiger partial charge on any atom is -0.480 e. The monoisotopic (exact) mass is 768 g/mol. The molecular formula is C41H77N5O8. The van der Waals surface area contributed by atoms with Crippen LogP contribution in [0.3, 0.4) is 0 Å². The zero-order chi connectivity index (χ0) is 41.8. The van der Waals surface area contributed by atoms with Gasteiger partial charge in [0.2, 0.25) is 24.6 Å². The van der Waals surface area contributed by atoms with Crippen LogP contribution in [0.25, 0.3) is 0 Å². The summed E-state index contributed by atoms with van der Waals surface area (Å²) < 4.78 is 11.5. The number of rotatable bonds is 20. The summed E-state index contributed by atoms with van der Waals surface area (Å²) in [6, 6.07) is -0.367. The highest BCUT2D eigenvalue weighted by Gasteiger charge is 2.39. The lowest BCUT2D eigenvalue weighted by Crippen LogP contribution is -2.53. The fraction of sp³-hybridized carbons (Fsp3) is 0.780. The van der Waals surface area contributed by atoms with Crippen LogP contribution in [0.4, 0.5) is 0 Å². The Labute approximate surface area is 327 Å². The summed E-state index contributed by atoms with van der Waals surface area (Å²) in [6.07, 6.45) is 12.9. The zero-order valence-electron chi connectivity index (χ0n) is 35.9. The molecule has 7 atom stereocenters. The third-order valence-electron chi connectivity index (χ3n) is 9.93. The van der Waals surface area contributed by atoms with Crippen LogP contribution in [-0.2, 0) is 33.4 Å². The van der Waals surface area contributed by atoms with Gasteiger partial charge in [0.15, 0.2) is 0 Å². The van der Waals surface area contributed by atoms with Crippen molar-refractivity contribution in [3.63, 3.8) is 0 Å². The fourth-order valence-electron chi connectivity index (χ4n) is 6.30. The summed E-state index contributed by atoms with van der Waals surface area (Å²) in [6.45, 7) is 19.8. The van der Waals surface area contributed by atoms with Gasteiger partial charge in [0.25, 0.3) is 0 Å². The van der Waals surface area contributed by atoms with E-state index < -0.39 is 18.1 Å². The van der Waals surface area contributed by atoms with Gasteiger partial charge in [-0.25, -0.2) is 4.79 Å². The first-order chi connectivity index (χ1) is 25.6. The molecule has 0 saturated carbocycles. The lowest BCUT2D eigenvalue weighted by Gasteiger charge is -2.39. The van der Waals surface area contributed by atoms with Gasteiger partial charge in [-0.1, -0.05) is 86.5 Å². The summed E-state index contributed by atoms with van der Waals surface area (Å²) in [5, 5.41) is 16.6. The van der Waals surface area contributed by atoms with E-state index >= 15 is 0 Å². The number of likely N-dealkylation sites (N-methyl/N-ethyl adjacent to an activating group) is 1. The summed E-state index contributed by atoms with van der Waals surface area (Å²) in [4.78, 5) is 60.7. The highest BCUT2D eigenvalue weighted by molar-refractivity contribution is 5.81. The second-order valence-corrected chi connectivity index (χ2v) is 14.8. The van der Waals surface area contributed by atoms with Gasteiger partial charge < -0.3 is 40.3 Å². The number of nitrogens with zero attached hydrogens (tertiary/aromatic N) is 2. The second kappa shape index (κ2) is 31.0. The summed E-state index contributed by atoms with van der Waals surface area (Å²) in [5.74, 6) is 0.0210. The predicted octanol–water partition coefficient (Wildman–Crippen LogP) is 5.19. The van der Waals surface area contributed by atoms with Crippen LogP contribution in [0, 0.1) is 17.8 Å². The standard InChI is InChI=1S/C22H41N3O5.C10H13NO3.C6H15N.C3H8/c1-8-16(4)21(24(5)20(28)13-23-14-26)18(29-6)12-19(27)25-11-9-10-17(25)22(30-7)15(2)3;12-7-11-9(10(13)14)6-8-4-2-1-3-5-8;1-5(2)6(3)7-4;1-3-2/h14-18,21-22H,8-13H2,1-7H3,(H,23,26);2,4-5,7,9H,1,3,6H2,(H,11,12)(H,13,14);5-7H,1-4H3;3H2,1-2H3. The van der Waals surface area contributed by atoms with Crippen LogP contribution < -0.4 is 16.0 Å². The molecule has 7 unspecified atom stereocenters. The number of amides is 4. The van der Waals surface area contributed by atoms with Crippen LogP contribution in [-0.4, -0.2) is 123 Å². The van der Waals surface area contributed by atoms with Gasteiger partial charge in [-0.15, -0.1) is 0 Å². The third kappa shape index (κ3) is 20.4. The van der Waals surface area contributed by atoms with Crippen molar-refractivity contribution in [3.8, 4) is 0 Å². The number of allylic oxidation sites excluding steroid dienone is 3. The van der Waals surface area contributed by atoms with E-state index in [4.69, 9.17) is 14.6 Å². The Morgan fingerprint density at radius 1 is 1.00 bits per heavy atom. The van der Waals surface area contributed by atoms with Crippen molar-refractivity contribution in [2.75, 3.05) is 41.4 Å². The van der Waals surface area contributed by atoms with Crippen LogP contribution in [0.2, 0.25) is 0 Å². The molecule has 13 nitrogen and oxygen atoms in total. The molecule has 2 rings (SSSR count). The smallest absolute Gasteiger partial charge is 0.326 e. The largest absolute Gasteiger partial charge is 0.480 e. The molecule has 1 heterocycles. The summed E-state index contributed by atoms with van der Waals surface area (Å²) in [7, 11) is 6.99. The molecular weight excluding hydrogens is 690 g/mol. The fourth-order valence-corrected chi connectivity index (χ4v) is 6.30. The molecule has 1 saturated heterocycles. The van der Waals surface area contributed by atoms with Crippen molar-refractivity contribution >= 4 is 30.6 Å². The SMILES string of the molecule is CCC.CCC(C)C(C(CC(=O)N1CCCC1C(OC)C(C)C)OC)N(C)C(=O)CNC=O.CNC(C)C(C)C.O=CNC(CC1=CCCC=C1)C(=O)O. The Bertz CT molecular complexity index is 1120. The van der Waals surface area contributed by atoms with Gasteiger partial charge in [0, 0.05) is 40.3 Å². The number of methoxy groups -OCH3 is 2. The number of aliphatic carboxylic acids is 1. The van der Waals surface area contributed by atoms with Crippen molar-refractivity contribution in [1.29, 1.82) is 0 Å². The summed E-state index contributed by atoms with van der Waals surface area (Å²) in [5.41, 5.74) is 0.970. The van der Waals surface area contributed by atoms with Crippen molar-refractivity contribution in [2.45, 2.75) is 150 Å². The lowest BCUT2D eigenvalue weighted by molar-refractivity contribution is -0.144. The Hall–Kier alpha value is -3.29. The third-order valence-corrected chi connectivity index (χ3v) is 9.93. The number of likely N-dealkylation sites (tertiary alicyclic amines) is 1. The quantitative estimate of drug-likeness (QED) is 0.122. The van der Waals surface area contributed by atoms with E-state index in [0.29, 0.717) is 31.2 Å². The van der Waals surface area contributed by atoms with Crippen LogP contribution >= 0.6 is 0 Å². The van der Waals surface area contributed by atoms with Crippen molar-refractivity contribution in [1.82, 2.24) is 25.8 Å². The van der Waals surface area contributed by atoms with Gasteiger partial charge in [0.05, 0.1) is 37.3 Å². The summed E-state index contributed by atoms with van der Waals surface area (Å²) >= 11 is 0. The number of carboxylic acid groups (broad SMARTS) is 1. The zero-order valence-corrected chi connectivity index (χ0v) is 35.9. The second-order valence-electron chi connectivity index (χ2n) is 14.8. The number of carbonyl (C=O) groups excluding carboxylic acids is 4. The number of nitrogens with one attached hydrogen (secondary N) is 3. The van der Waals surface area contributed by atoms with E-state index in [1.807, 2.05) is 30.2 Å². The number of ether oxygens (including phenoxy) is 2. The van der Waals surface area contributed by atoms with Crippen molar-refractivity contribution < 1.29 is 38.6 Å². The normalized spacial score (nSPS) is 18.1. The van der Waals surface area contributed by atoms with Gasteiger partial charge in [-0.3, -0.25) is 19.2 Å². The average Bonchev–Trinajstić information content (AvgIpc) is 3.63. The Kier molecular flexibility index (Phi) is 30.3. The van der Waals surface area contributed by atoms with Crippen molar-refractivity contribution in [2.24, 2.45) is 17.8 Å². The molecule has 0 aromatic heterocycles. The molecule has 4 N–H and O–H groups in total. The predicted molar refractivity (Wildman–Crippen MR) is 217 cm³/mol. The highest BCUT2D eigenvalue weighted by Crippen LogP contribution is 2.29. The molecule has 54 heavy (non-hydrogen) atoms. The Morgan fingerprint density at radius 3 is 2.04 bits per heavy atom. The maximum Gasteiger partial charge on any atom is 0.326 e. The highest BCUT2D eigenvalue weighted by atomic mass is 16.5. The Morgan fingerprint density at radius 2 is 1.63 bits per heavy atom. The van der Waals surface area contributed by atoms with Gasteiger partial charge in [0.1, 0.15) is 6.04 Å². The molecule has 314 valence electrons. The van der Waals surface area contributed by atoms with E-state index in [-0.39, 0.29) is 48.9 Å². The molecule has 1 aliphatic heterocycles. The van der Waals surface area contributed by atoms with E-state index in [1.54, 1.807) is 26.2 Å². The number of hydrogen-bond acceptors (Lipinski definition) is 8. The van der Waals surface area contributed by atoms with E-state index in [0.717, 1.165) is 50.1 Å². The molecule has 2 aliphatic rings. The molecule has 13 heteroatoms. The molecule has 0 bridgehead atoms. The first-order valence-electron chi connectivity index (χ1n) is 19.8. The Balaban J connectivity index is 0. The van der Waals surface area contributed by atoms with Gasteiger partial charge in [-0.05, 0) is 63.0 Å². The number of carbonyl (C=O) groups is 5. The van der Waals surface area contributed by atoms with Crippen LogP contribution in [0.5, 0.6) is 0 Å². The van der Waals surface area contributed by atoms with Crippen molar-refractivity contribution in [3.05, 3.63) is 23.8 Å². The number of hydrogen-bond donors (Lipinski definition) is 4. The molecule has 0 aromatic rings. The van der Waals surface area contributed by atoms with E-state index in [9.17, 15) is 24.0 Å². The molecule has 0 spiro atoms. The van der Waals surface area contributed by atoms with E-state index in [1.165, 1.54) is 6.42 Å². The maximum atomic E-state index is 13.3.